The molecular weight excluding hydrogens is 470 g/mol. The third kappa shape index (κ3) is 6.10. The lowest BCUT2D eigenvalue weighted by atomic mass is 10.1. The largest absolute Gasteiger partial charge is 0.497 e. The Balaban J connectivity index is 1.74. The monoisotopic (exact) mass is 501 g/mol. The van der Waals surface area contributed by atoms with Crippen molar-refractivity contribution in [3.63, 3.8) is 0 Å². The van der Waals surface area contributed by atoms with Crippen LogP contribution in [0.15, 0.2) is 78.9 Å². The van der Waals surface area contributed by atoms with Crippen LogP contribution in [0.2, 0.25) is 0 Å². The average Bonchev–Trinajstić information content (AvgIpc) is 3.25. The summed E-state index contributed by atoms with van der Waals surface area (Å²) in [6.07, 6.45) is 0. The maximum Gasteiger partial charge on any atom is 0.254 e. The minimum atomic E-state index is -0.126. The van der Waals surface area contributed by atoms with E-state index in [9.17, 15) is 4.79 Å². The van der Waals surface area contributed by atoms with Gasteiger partial charge in [-0.05, 0) is 55.5 Å². The van der Waals surface area contributed by atoms with E-state index in [1.165, 1.54) is 0 Å². The number of nitrogens with zero attached hydrogens (tertiary/aromatic N) is 3. The highest BCUT2D eigenvalue weighted by molar-refractivity contribution is 5.94. The summed E-state index contributed by atoms with van der Waals surface area (Å²) in [6.45, 7) is 2.99. The van der Waals surface area contributed by atoms with Gasteiger partial charge in [0.05, 0.1) is 44.3 Å². The molecule has 1 aromatic heterocycles. The fourth-order valence-electron chi connectivity index (χ4n) is 3.91. The van der Waals surface area contributed by atoms with Crippen LogP contribution in [0, 0.1) is 6.92 Å². The molecule has 37 heavy (non-hydrogen) atoms. The number of benzene rings is 3. The Bertz CT molecular complexity index is 1320. The first-order valence-corrected chi connectivity index (χ1v) is 11.9. The average molecular weight is 502 g/mol. The summed E-state index contributed by atoms with van der Waals surface area (Å²) in [4.78, 5) is 15.3. The molecule has 0 aliphatic rings. The normalized spacial score (nSPS) is 10.7. The molecule has 0 fully saturated rings. The SMILES string of the molecule is COCCN(Cc1c(C)nn(-c2ccccc2)c1Oc1cccc(OC)c1)C(=O)c1ccc(OC)cc1. The lowest BCUT2D eigenvalue weighted by Gasteiger charge is -2.23. The summed E-state index contributed by atoms with van der Waals surface area (Å²) in [7, 11) is 4.83. The molecule has 8 nitrogen and oxygen atoms in total. The van der Waals surface area contributed by atoms with Crippen LogP contribution in [0.4, 0.5) is 0 Å². The first-order valence-electron chi connectivity index (χ1n) is 11.9. The third-order valence-electron chi connectivity index (χ3n) is 5.93. The zero-order valence-corrected chi connectivity index (χ0v) is 21.5. The molecule has 0 aliphatic carbocycles. The topological polar surface area (TPSA) is 75.0 Å². The molecule has 0 spiro atoms. The predicted molar refractivity (Wildman–Crippen MR) is 141 cm³/mol. The van der Waals surface area contributed by atoms with Gasteiger partial charge in [0, 0.05) is 25.3 Å². The summed E-state index contributed by atoms with van der Waals surface area (Å²) in [6, 6.07) is 24.2. The second-order valence-electron chi connectivity index (χ2n) is 8.35. The number of methoxy groups -OCH3 is 3. The summed E-state index contributed by atoms with van der Waals surface area (Å²) in [5.74, 6) is 2.37. The van der Waals surface area contributed by atoms with Crippen LogP contribution in [0.5, 0.6) is 23.1 Å². The third-order valence-corrected chi connectivity index (χ3v) is 5.93. The minimum Gasteiger partial charge on any atom is -0.497 e. The summed E-state index contributed by atoms with van der Waals surface area (Å²) in [5, 5.41) is 4.78. The van der Waals surface area contributed by atoms with Gasteiger partial charge in [0.2, 0.25) is 5.88 Å². The predicted octanol–water partition coefficient (Wildman–Crippen LogP) is 5.28. The zero-order valence-electron chi connectivity index (χ0n) is 21.5. The van der Waals surface area contributed by atoms with Gasteiger partial charge in [-0.2, -0.15) is 5.10 Å². The highest BCUT2D eigenvalue weighted by atomic mass is 16.5. The standard InChI is InChI=1S/C29H31N3O5/c1-21-27(20-31(17-18-34-2)28(33)22-13-15-24(35-3)16-14-22)29(32(30-21)23-9-6-5-7-10-23)37-26-12-8-11-25(19-26)36-4/h5-16,19H,17-18,20H2,1-4H3. The molecule has 0 N–H and O–H groups in total. The molecule has 0 saturated carbocycles. The first kappa shape index (κ1) is 25.8. The molecule has 0 bridgehead atoms. The van der Waals surface area contributed by atoms with E-state index < -0.39 is 0 Å². The number of rotatable bonds is 11. The summed E-state index contributed by atoms with van der Waals surface area (Å²) < 4.78 is 24.1. The van der Waals surface area contributed by atoms with E-state index in [-0.39, 0.29) is 12.5 Å². The van der Waals surface area contributed by atoms with Crippen molar-refractivity contribution >= 4 is 5.91 Å². The molecule has 0 radical (unpaired) electrons. The van der Waals surface area contributed by atoms with Crippen molar-refractivity contribution in [3.05, 3.63) is 95.7 Å². The van der Waals surface area contributed by atoms with Crippen LogP contribution in [-0.2, 0) is 11.3 Å². The van der Waals surface area contributed by atoms with Crippen molar-refractivity contribution in [1.82, 2.24) is 14.7 Å². The number of hydrogen-bond acceptors (Lipinski definition) is 6. The quantitative estimate of drug-likeness (QED) is 0.278. The second kappa shape index (κ2) is 12.1. The number of ether oxygens (including phenoxy) is 4. The van der Waals surface area contributed by atoms with E-state index in [1.54, 1.807) is 55.2 Å². The van der Waals surface area contributed by atoms with Crippen molar-refractivity contribution in [2.24, 2.45) is 0 Å². The molecule has 0 saturated heterocycles. The number of aromatic nitrogens is 2. The number of carbonyl (C=O) groups is 1. The Kier molecular flexibility index (Phi) is 8.43. The highest BCUT2D eigenvalue weighted by Crippen LogP contribution is 2.33. The molecule has 8 heteroatoms. The van der Waals surface area contributed by atoms with Gasteiger partial charge < -0.3 is 23.8 Å². The molecule has 192 valence electrons. The number of para-hydroxylation sites is 1. The van der Waals surface area contributed by atoms with Crippen molar-refractivity contribution in [3.8, 4) is 28.8 Å². The van der Waals surface area contributed by atoms with E-state index in [0.717, 1.165) is 16.9 Å². The Labute approximate surface area is 217 Å². The van der Waals surface area contributed by atoms with Crippen molar-refractivity contribution in [2.75, 3.05) is 34.5 Å². The van der Waals surface area contributed by atoms with Gasteiger partial charge in [0.25, 0.3) is 5.91 Å². The van der Waals surface area contributed by atoms with Gasteiger partial charge in [0.1, 0.15) is 17.2 Å². The van der Waals surface area contributed by atoms with Crippen LogP contribution in [-0.4, -0.2) is 55.1 Å². The Morgan fingerprint density at radius 3 is 2.24 bits per heavy atom. The fraction of sp³-hybridized carbons (Fsp3) is 0.241. The lowest BCUT2D eigenvalue weighted by molar-refractivity contribution is 0.0679. The molecule has 0 atom stereocenters. The molecular formula is C29H31N3O5. The lowest BCUT2D eigenvalue weighted by Crippen LogP contribution is -2.33. The van der Waals surface area contributed by atoms with Crippen LogP contribution >= 0.6 is 0 Å². The number of amides is 1. The van der Waals surface area contributed by atoms with E-state index >= 15 is 0 Å². The fourth-order valence-corrected chi connectivity index (χ4v) is 3.91. The second-order valence-corrected chi connectivity index (χ2v) is 8.35. The van der Waals surface area contributed by atoms with E-state index in [2.05, 4.69) is 0 Å². The minimum absolute atomic E-state index is 0.126. The maximum atomic E-state index is 13.5. The van der Waals surface area contributed by atoms with Crippen LogP contribution in [0.3, 0.4) is 0 Å². The molecule has 4 aromatic rings. The number of aryl methyl sites for hydroxylation is 1. The van der Waals surface area contributed by atoms with Crippen LogP contribution < -0.4 is 14.2 Å². The smallest absolute Gasteiger partial charge is 0.254 e. The van der Waals surface area contributed by atoms with Gasteiger partial charge in [-0.25, -0.2) is 4.68 Å². The Morgan fingerprint density at radius 1 is 0.865 bits per heavy atom. The molecule has 3 aromatic carbocycles. The summed E-state index contributed by atoms with van der Waals surface area (Å²) >= 11 is 0. The van der Waals surface area contributed by atoms with Crippen molar-refractivity contribution in [2.45, 2.75) is 13.5 Å². The van der Waals surface area contributed by atoms with Crippen LogP contribution in [0.25, 0.3) is 5.69 Å². The molecule has 1 amide bonds. The maximum absolute atomic E-state index is 13.5. The van der Waals surface area contributed by atoms with Crippen LogP contribution in [0.1, 0.15) is 21.6 Å². The molecule has 0 aliphatic heterocycles. The molecule has 0 unspecified atom stereocenters. The van der Waals surface area contributed by atoms with Crippen molar-refractivity contribution in [1.29, 1.82) is 0 Å². The zero-order chi connectivity index (χ0) is 26.2. The molecule has 1 heterocycles. The summed E-state index contributed by atoms with van der Waals surface area (Å²) in [5.41, 5.74) is 2.95. The van der Waals surface area contributed by atoms with E-state index in [4.69, 9.17) is 24.0 Å². The first-order chi connectivity index (χ1) is 18.0. The van der Waals surface area contributed by atoms with Gasteiger partial charge in [-0.3, -0.25) is 4.79 Å². The molecule has 4 rings (SSSR count). The van der Waals surface area contributed by atoms with Gasteiger partial charge in [0.15, 0.2) is 0 Å². The van der Waals surface area contributed by atoms with Gasteiger partial charge in [-0.1, -0.05) is 24.3 Å². The number of carbonyl (C=O) groups excluding carboxylic acids is 1. The van der Waals surface area contributed by atoms with E-state index in [0.29, 0.717) is 41.8 Å². The Morgan fingerprint density at radius 2 is 1.57 bits per heavy atom. The van der Waals surface area contributed by atoms with Crippen molar-refractivity contribution < 1.29 is 23.7 Å². The van der Waals surface area contributed by atoms with E-state index in [1.807, 2.05) is 61.5 Å². The highest BCUT2D eigenvalue weighted by Gasteiger charge is 2.24. The number of hydrogen-bond donors (Lipinski definition) is 0. The van der Waals surface area contributed by atoms with Gasteiger partial charge >= 0.3 is 0 Å². The Hall–Kier alpha value is -4.30. The van der Waals surface area contributed by atoms with Gasteiger partial charge in [-0.15, -0.1) is 0 Å².